The van der Waals surface area contributed by atoms with Crippen LogP contribution in [-0.4, -0.2) is 29.7 Å². The van der Waals surface area contributed by atoms with Crippen molar-refractivity contribution in [3.05, 3.63) is 76.8 Å². The van der Waals surface area contributed by atoms with Crippen molar-refractivity contribution in [2.45, 2.75) is 11.8 Å². The van der Waals surface area contributed by atoms with Crippen molar-refractivity contribution in [1.82, 2.24) is 4.98 Å². The van der Waals surface area contributed by atoms with Gasteiger partial charge in [0.1, 0.15) is 5.01 Å². The maximum Gasteiger partial charge on any atom is 0.340 e. The highest BCUT2D eigenvalue weighted by Crippen LogP contribution is 2.31. The lowest BCUT2D eigenvalue weighted by atomic mass is 10.2. The molecule has 0 unspecified atom stereocenters. The number of hydrogen-bond donors (Lipinski definition) is 1. The van der Waals surface area contributed by atoms with Crippen LogP contribution in [0.2, 0.25) is 5.02 Å². The van der Waals surface area contributed by atoms with E-state index in [2.05, 4.69) is 23.3 Å². The van der Waals surface area contributed by atoms with Gasteiger partial charge in [-0.1, -0.05) is 17.7 Å². The Kier molecular flexibility index (Phi) is 6.79. The third kappa shape index (κ3) is 5.12. The van der Waals surface area contributed by atoms with Crippen LogP contribution < -0.4 is 5.32 Å². The molecule has 1 N–H and O–H groups in total. The molecule has 0 spiro atoms. The third-order valence-electron chi connectivity index (χ3n) is 4.69. The van der Waals surface area contributed by atoms with Crippen LogP contribution in [0.1, 0.15) is 15.9 Å². The summed E-state index contributed by atoms with van der Waals surface area (Å²) >= 11 is 9.19. The molecule has 0 atom stereocenters. The average Bonchev–Trinajstić information content (AvgIpc) is 3.21. The van der Waals surface area contributed by atoms with Crippen LogP contribution in [0, 0.1) is 6.92 Å². The number of nitrogens with zero attached hydrogens (tertiary/aromatic N) is 1. The van der Waals surface area contributed by atoms with E-state index >= 15 is 0 Å². The molecule has 1 heterocycles. The summed E-state index contributed by atoms with van der Waals surface area (Å²) in [5.74, 6) is -1.07. The number of aryl methyl sites for hydroxylation is 1. The highest BCUT2D eigenvalue weighted by molar-refractivity contribution is 7.98. The fraction of sp³-hybridized carbons (Fsp3) is 0.125. The number of carbonyl (C=O) groups excluding carboxylic acids is 2. The zero-order valence-electron chi connectivity index (χ0n) is 17.3. The number of hydrogen-bond acceptors (Lipinski definition) is 6. The number of aromatic nitrogens is 1. The topological polar surface area (TPSA) is 68.3 Å². The number of benzene rings is 3. The van der Waals surface area contributed by atoms with Gasteiger partial charge < -0.3 is 10.1 Å². The highest BCUT2D eigenvalue weighted by Gasteiger charge is 2.15. The van der Waals surface area contributed by atoms with Crippen molar-refractivity contribution in [3.8, 4) is 10.6 Å². The molecule has 0 fully saturated rings. The van der Waals surface area contributed by atoms with E-state index in [1.807, 2.05) is 36.6 Å². The number of carbonyl (C=O) groups is 2. The third-order valence-corrected chi connectivity index (χ3v) is 6.81. The molecule has 0 aliphatic heterocycles. The standard InChI is InChI=1S/C24H19ClN2O3S2/c1-14-3-10-20-21(11-14)32-23(27-20)15-4-6-16(7-5-15)26-22(28)13-30-24(29)18-12-17(31-2)8-9-19(18)25/h3-12H,13H2,1-2H3,(H,26,28). The lowest BCUT2D eigenvalue weighted by Crippen LogP contribution is -2.21. The number of thiazole rings is 1. The summed E-state index contributed by atoms with van der Waals surface area (Å²) in [6.07, 6.45) is 1.90. The molecule has 1 aromatic heterocycles. The smallest absolute Gasteiger partial charge is 0.340 e. The highest BCUT2D eigenvalue weighted by atomic mass is 35.5. The zero-order chi connectivity index (χ0) is 22.7. The molecule has 0 saturated carbocycles. The van der Waals surface area contributed by atoms with Crippen LogP contribution in [0.5, 0.6) is 0 Å². The maximum atomic E-state index is 12.3. The molecule has 32 heavy (non-hydrogen) atoms. The minimum absolute atomic E-state index is 0.238. The summed E-state index contributed by atoms with van der Waals surface area (Å²) in [7, 11) is 0. The molecular weight excluding hydrogens is 464 g/mol. The maximum absolute atomic E-state index is 12.3. The van der Waals surface area contributed by atoms with E-state index in [1.54, 1.807) is 35.6 Å². The summed E-state index contributed by atoms with van der Waals surface area (Å²) in [5.41, 5.74) is 3.98. The molecule has 0 bridgehead atoms. The van der Waals surface area contributed by atoms with Gasteiger partial charge in [0.25, 0.3) is 5.91 Å². The lowest BCUT2D eigenvalue weighted by Gasteiger charge is -2.09. The number of thioether (sulfide) groups is 1. The number of ether oxygens (including phenoxy) is 1. The van der Waals surface area contributed by atoms with Gasteiger partial charge in [0, 0.05) is 16.1 Å². The monoisotopic (exact) mass is 482 g/mol. The molecule has 4 rings (SSSR count). The number of halogens is 1. The first-order valence-corrected chi connectivity index (χ1v) is 12.1. The Labute approximate surface area is 198 Å². The normalized spacial score (nSPS) is 10.8. The van der Waals surface area contributed by atoms with Gasteiger partial charge in [-0.25, -0.2) is 9.78 Å². The number of esters is 1. The zero-order valence-corrected chi connectivity index (χ0v) is 19.7. The van der Waals surface area contributed by atoms with Crippen molar-refractivity contribution in [2.24, 2.45) is 0 Å². The number of rotatable bonds is 6. The number of fused-ring (bicyclic) bond motifs is 1. The van der Waals surface area contributed by atoms with Crippen LogP contribution in [0.3, 0.4) is 0 Å². The average molecular weight is 483 g/mol. The van der Waals surface area contributed by atoms with E-state index in [1.165, 1.54) is 17.3 Å². The first-order valence-electron chi connectivity index (χ1n) is 9.71. The molecule has 0 aliphatic rings. The van der Waals surface area contributed by atoms with E-state index in [0.29, 0.717) is 5.69 Å². The Morgan fingerprint density at radius 1 is 1.09 bits per heavy atom. The molecule has 0 radical (unpaired) electrons. The quantitative estimate of drug-likeness (QED) is 0.253. The molecule has 4 aromatic rings. The predicted octanol–water partition coefficient (Wildman–Crippen LogP) is 6.44. The second-order valence-electron chi connectivity index (χ2n) is 7.04. The van der Waals surface area contributed by atoms with E-state index in [4.69, 9.17) is 16.3 Å². The SMILES string of the molecule is CSc1ccc(Cl)c(C(=O)OCC(=O)Nc2ccc(-c3nc4ccc(C)cc4s3)cc2)c1. The summed E-state index contributed by atoms with van der Waals surface area (Å²) in [5, 5.41) is 3.93. The Bertz CT molecular complexity index is 1300. The van der Waals surface area contributed by atoms with Gasteiger partial charge in [0.05, 0.1) is 20.8 Å². The van der Waals surface area contributed by atoms with E-state index in [9.17, 15) is 9.59 Å². The first-order chi connectivity index (χ1) is 15.4. The van der Waals surface area contributed by atoms with Gasteiger partial charge in [-0.2, -0.15) is 0 Å². The number of nitrogens with one attached hydrogen (secondary N) is 1. The van der Waals surface area contributed by atoms with Gasteiger partial charge >= 0.3 is 5.97 Å². The van der Waals surface area contributed by atoms with Crippen LogP contribution in [0.25, 0.3) is 20.8 Å². The molecule has 8 heteroatoms. The molecule has 3 aromatic carbocycles. The lowest BCUT2D eigenvalue weighted by molar-refractivity contribution is -0.119. The predicted molar refractivity (Wildman–Crippen MR) is 132 cm³/mol. The van der Waals surface area contributed by atoms with Crippen LogP contribution in [0.4, 0.5) is 5.69 Å². The van der Waals surface area contributed by atoms with E-state index in [0.717, 1.165) is 25.7 Å². The Morgan fingerprint density at radius 3 is 2.62 bits per heavy atom. The minimum atomic E-state index is -0.637. The van der Waals surface area contributed by atoms with Crippen LogP contribution >= 0.6 is 34.7 Å². The van der Waals surface area contributed by atoms with Gasteiger partial charge in [0.15, 0.2) is 6.61 Å². The molecule has 0 aliphatic carbocycles. The first kappa shape index (κ1) is 22.3. The van der Waals surface area contributed by atoms with Crippen molar-refractivity contribution < 1.29 is 14.3 Å². The van der Waals surface area contributed by atoms with E-state index < -0.39 is 18.5 Å². The fourth-order valence-electron chi connectivity index (χ4n) is 3.05. The van der Waals surface area contributed by atoms with Crippen molar-refractivity contribution in [3.63, 3.8) is 0 Å². The van der Waals surface area contributed by atoms with Crippen molar-refractivity contribution in [2.75, 3.05) is 18.2 Å². The number of amides is 1. The fourth-order valence-corrected chi connectivity index (χ4v) is 4.75. The second kappa shape index (κ2) is 9.73. The Balaban J connectivity index is 1.37. The summed E-state index contributed by atoms with van der Waals surface area (Å²) in [6.45, 7) is 1.65. The van der Waals surface area contributed by atoms with Crippen molar-refractivity contribution in [1.29, 1.82) is 0 Å². The van der Waals surface area contributed by atoms with Gasteiger partial charge in [-0.3, -0.25) is 4.79 Å². The minimum Gasteiger partial charge on any atom is -0.452 e. The molecule has 5 nitrogen and oxygen atoms in total. The van der Waals surface area contributed by atoms with Gasteiger partial charge in [-0.15, -0.1) is 23.1 Å². The Morgan fingerprint density at radius 2 is 1.88 bits per heavy atom. The summed E-state index contributed by atoms with van der Waals surface area (Å²) < 4.78 is 6.27. The van der Waals surface area contributed by atoms with Gasteiger partial charge in [0.2, 0.25) is 0 Å². The molecular formula is C24H19ClN2O3S2. The number of anilines is 1. The van der Waals surface area contributed by atoms with Crippen LogP contribution in [0.15, 0.2) is 65.6 Å². The van der Waals surface area contributed by atoms with E-state index in [-0.39, 0.29) is 10.6 Å². The summed E-state index contributed by atoms with van der Waals surface area (Å²) in [6, 6.07) is 18.7. The molecule has 1 amide bonds. The van der Waals surface area contributed by atoms with Gasteiger partial charge in [-0.05, 0) is 73.3 Å². The summed E-state index contributed by atoms with van der Waals surface area (Å²) in [4.78, 5) is 30.1. The van der Waals surface area contributed by atoms with Crippen LogP contribution in [-0.2, 0) is 9.53 Å². The largest absolute Gasteiger partial charge is 0.452 e. The second-order valence-corrected chi connectivity index (χ2v) is 9.36. The molecule has 0 saturated heterocycles. The Hall–Kier alpha value is -2.87. The molecule has 162 valence electrons. The van der Waals surface area contributed by atoms with Crippen molar-refractivity contribution >= 4 is 62.5 Å².